The number of nitrogens with one attached hydrogen (secondary N) is 2. The molecule has 0 bridgehead atoms. The molecule has 30 heavy (non-hydrogen) atoms. The van der Waals surface area contributed by atoms with Crippen molar-refractivity contribution < 1.29 is 4.79 Å². The quantitative estimate of drug-likeness (QED) is 0.176. The van der Waals surface area contributed by atoms with Crippen molar-refractivity contribution in [1.82, 2.24) is 5.32 Å². The number of alkyl halides is 3. The van der Waals surface area contributed by atoms with Crippen LogP contribution in [0.1, 0.15) is 71.1 Å². The van der Waals surface area contributed by atoms with Gasteiger partial charge in [-0.25, -0.2) is 0 Å². The SMILES string of the molecule is CCCCCCCCCCCC(=O)N[C@@H](Nc1cccc2ccccc12)C(Cl)(Cl)Cl. The third kappa shape index (κ3) is 8.91. The third-order valence-corrected chi connectivity index (χ3v) is 5.88. The van der Waals surface area contributed by atoms with Gasteiger partial charge in [0.2, 0.25) is 9.70 Å². The van der Waals surface area contributed by atoms with E-state index in [1.165, 1.54) is 44.9 Å². The van der Waals surface area contributed by atoms with Crippen molar-refractivity contribution in [2.45, 2.75) is 81.1 Å². The Morgan fingerprint density at radius 1 is 0.867 bits per heavy atom. The molecule has 2 aromatic carbocycles. The summed E-state index contributed by atoms with van der Waals surface area (Å²) in [7, 11) is 0. The summed E-state index contributed by atoms with van der Waals surface area (Å²) < 4.78 is -1.68. The van der Waals surface area contributed by atoms with E-state index in [1.54, 1.807) is 0 Å². The van der Waals surface area contributed by atoms with Gasteiger partial charge in [0, 0.05) is 17.5 Å². The van der Waals surface area contributed by atoms with E-state index >= 15 is 0 Å². The fourth-order valence-corrected chi connectivity index (χ4v) is 3.86. The van der Waals surface area contributed by atoms with Gasteiger partial charge in [0.05, 0.1) is 0 Å². The molecule has 6 heteroatoms. The molecule has 0 unspecified atom stereocenters. The van der Waals surface area contributed by atoms with E-state index in [2.05, 4.69) is 17.6 Å². The van der Waals surface area contributed by atoms with Crippen molar-refractivity contribution in [2.75, 3.05) is 5.32 Å². The van der Waals surface area contributed by atoms with Gasteiger partial charge >= 0.3 is 0 Å². The predicted octanol–water partition coefficient (Wildman–Crippen LogP) is 7.99. The van der Waals surface area contributed by atoms with E-state index in [1.807, 2.05) is 42.5 Å². The molecule has 0 aliphatic carbocycles. The van der Waals surface area contributed by atoms with Crippen molar-refractivity contribution in [3.63, 3.8) is 0 Å². The summed E-state index contributed by atoms with van der Waals surface area (Å²) in [6.45, 7) is 2.23. The molecule has 2 N–H and O–H groups in total. The van der Waals surface area contributed by atoms with Gasteiger partial charge in [-0.2, -0.15) is 0 Å². The first-order chi connectivity index (χ1) is 14.4. The Labute approximate surface area is 195 Å². The largest absolute Gasteiger partial charge is 0.361 e. The molecule has 0 aromatic heterocycles. The van der Waals surface area contributed by atoms with E-state index < -0.39 is 9.96 Å². The van der Waals surface area contributed by atoms with Crippen molar-refractivity contribution >= 4 is 57.2 Å². The zero-order valence-corrected chi connectivity index (χ0v) is 20.0. The highest BCUT2D eigenvalue weighted by Gasteiger charge is 2.34. The number of hydrogen-bond donors (Lipinski definition) is 2. The summed E-state index contributed by atoms with van der Waals surface area (Å²) in [6, 6.07) is 13.8. The molecule has 0 aliphatic rings. The second-order valence-electron chi connectivity index (χ2n) is 7.79. The van der Waals surface area contributed by atoms with E-state index in [-0.39, 0.29) is 5.91 Å². The number of rotatable bonds is 13. The Morgan fingerprint density at radius 2 is 1.47 bits per heavy atom. The van der Waals surface area contributed by atoms with Crippen LogP contribution in [0.2, 0.25) is 0 Å². The Hall–Kier alpha value is -1.16. The molecular formula is C24H33Cl3N2O. The van der Waals surface area contributed by atoms with E-state index in [4.69, 9.17) is 34.8 Å². The van der Waals surface area contributed by atoms with Gasteiger partial charge in [0.25, 0.3) is 0 Å². The van der Waals surface area contributed by atoms with Crippen LogP contribution >= 0.6 is 34.8 Å². The van der Waals surface area contributed by atoms with Gasteiger partial charge < -0.3 is 10.6 Å². The van der Waals surface area contributed by atoms with Gasteiger partial charge in [-0.1, -0.05) is 129 Å². The van der Waals surface area contributed by atoms with E-state index in [9.17, 15) is 4.79 Å². The standard InChI is InChI=1S/C24H33Cl3N2O/c1-2-3-4-5-6-7-8-9-10-18-22(30)29-23(24(25,26)27)28-21-17-13-15-19-14-11-12-16-20(19)21/h11-17,23,28H,2-10,18H2,1H3,(H,29,30)/t23-/m1/s1. The smallest absolute Gasteiger partial charge is 0.228 e. The Kier molecular flexibility index (Phi) is 11.1. The molecule has 2 rings (SSSR count). The summed E-state index contributed by atoms with van der Waals surface area (Å²) in [5, 5.41) is 8.13. The molecule has 3 nitrogen and oxygen atoms in total. The first kappa shape index (κ1) is 25.1. The maximum Gasteiger partial charge on any atom is 0.228 e. The molecule has 1 atom stereocenters. The highest BCUT2D eigenvalue weighted by molar-refractivity contribution is 6.68. The molecule has 0 aliphatic heterocycles. The Balaban J connectivity index is 1.80. The maximum atomic E-state index is 12.4. The van der Waals surface area contributed by atoms with Crippen molar-refractivity contribution in [3.8, 4) is 0 Å². The number of unbranched alkanes of at least 4 members (excludes halogenated alkanes) is 8. The van der Waals surface area contributed by atoms with Crippen molar-refractivity contribution in [2.24, 2.45) is 0 Å². The number of carbonyl (C=O) groups is 1. The van der Waals surface area contributed by atoms with Crippen LogP contribution in [0.15, 0.2) is 42.5 Å². The van der Waals surface area contributed by atoms with Crippen LogP contribution < -0.4 is 10.6 Å². The molecule has 0 spiro atoms. The lowest BCUT2D eigenvalue weighted by atomic mass is 10.1. The Bertz CT molecular complexity index is 771. The fraction of sp³-hybridized carbons (Fsp3) is 0.542. The highest BCUT2D eigenvalue weighted by Crippen LogP contribution is 2.33. The van der Waals surface area contributed by atoms with Crippen LogP contribution in [0, 0.1) is 0 Å². The number of anilines is 1. The van der Waals surface area contributed by atoms with Crippen LogP contribution in [0.3, 0.4) is 0 Å². The minimum Gasteiger partial charge on any atom is -0.361 e. The molecule has 0 saturated heterocycles. The number of amides is 1. The van der Waals surface area contributed by atoms with Gasteiger partial charge in [-0.05, 0) is 17.9 Å². The maximum absolute atomic E-state index is 12.4. The minimum absolute atomic E-state index is 0.109. The fourth-order valence-electron chi connectivity index (χ4n) is 3.54. The lowest BCUT2D eigenvalue weighted by molar-refractivity contribution is -0.121. The van der Waals surface area contributed by atoms with Crippen molar-refractivity contribution in [1.29, 1.82) is 0 Å². The highest BCUT2D eigenvalue weighted by atomic mass is 35.6. The summed E-state index contributed by atoms with van der Waals surface area (Å²) in [5.41, 5.74) is 0.813. The third-order valence-electron chi connectivity index (χ3n) is 5.23. The minimum atomic E-state index is -1.68. The average molecular weight is 472 g/mol. The zero-order valence-electron chi connectivity index (χ0n) is 17.7. The van der Waals surface area contributed by atoms with Crippen LogP contribution in [-0.2, 0) is 4.79 Å². The number of fused-ring (bicyclic) bond motifs is 1. The first-order valence-corrected chi connectivity index (χ1v) is 12.2. The van der Waals surface area contributed by atoms with Gasteiger partial charge in [-0.3, -0.25) is 4.79 Å². The molecule has 0 radical (unpaired) electrons. The van der Waals surface area contributed by atoms with Crippen molar-refractivity contribution in [3.05, 3.63) is 42.5 Å². The number of benzene rings is 2. The van der Waals surface area contributed by atoms with Gasteiger partial charge in [0.1, 0.15) is 6.17 Å². The van der Waals surface area contributed by atoms with Crippen LogP contribution in [0.5, 0.6) is 0 Å². The monoisotopic (exact) mass is 470 g/mol. The molecule has 0 heterocycles. The van der Waals surface area contributed by atoms with Crippen LogP contribution in [-0.4, -0.2) is 15.9 Å². The first-order valence-electron chi connectivity index (χ1n) is 11.0. The summed E-state index contributed by atoms with van der Waals surface area (Å²) in [4.78, 5) is 12.4. The molecule has 0 saturated carbocycles. The Morgan fingerprint density at radius 3 is 2.13 bits per heavy atom. The molecule has 1 amide bonds. The number of halogens is 3. The van der Waals surface area contributed by atoms with Crippen LogP contribution in [0.25, 0.3) is 10.8 Å². The van der Waals surface area contributed by atoms with Gasteiger partial charge in [-0.15, -0.1) is 0 Å². The lowest BCUT2D eigenvalue weighted by Gasteiger charge is -2.28. The van der Waals surface area contributed by atoms with E-state index in [0.29, 0.717) is 6.42 Å². The molecule has 166 valence electrons. The number of hydrogen-bond acceptors (Lipinski definition) is 2. The zero-order chi connectivity index (χ0) is 21.8. The van der Waals surface area contributed by atoms with Gasteiger partial charge in [0.15, 0.2) is 0 Å². The second-order valence-corrected chi connectivity index (χ2v) is 10.2. The second kappa shape index (κ2) is 13.3. The lowest BCUT2D eigenvalue weighted by Crippen LogP contribution is -2.49. The topological polar surface area (TPSA) is 41.1 Å². The van der Waals surface area contributed by atoms with E-state index in [0.717, 1.165) is 29.3 Å². The summed E-state index contributed by atoms with van der Waals surface area (Å²) >= 11 is 18.5. The summed E-state index contributed by atoms with van der Waals surface area (Å²) in [6.07, 6.45) is 10.5. The predicted molar refractivity (Wildman–Crippen MR) is 132 cm³/mol. The molecule has 0 fully saturated rings. The number of carbonyl (C=O) groups excluding carboxylic acids is 1. The summed E-state index contributed by atoms with van der Waals surface area (Å²) in [5.74, 6) is -0.109. The molecule has 2 aromatic rings. The van der Waals surface area contributed by atoms with Crippen LogP contribution in [0.4, 0.5) is 5.69 Å². The molecular weight excluding hydrogens is 439 g/mol. The normalized spacial score (nSPS) is 12.7. The average Bonchev–Trinajstić information content (AvgIpc) is 2.71.